The number of nitrogens with zero attached hydrogens (tertiary/aromatic N) is 2. The lowest BCUT2D eigenvalue weighted by molar-refractivity contribution is -0.308. The SMILES string of the molecule is C[C@@H]1[C@H](O)[C@@H](C)\C=C/C=C\C=C/C=C\C=C/C=C\C=C\[C@H](O[C@@H]2O[C@H](C)[C@@H](O)[C@H](NC(=O)CCN)[C@@H]2O)C[C@@H]2O[C@](O)(C[C@@H](O)C[C@@H](O)[C@H](O)CC[C@@H](O)C[C@@H](O)CC(=O)O[C@H]1C)C[C@H](O)[C@H]2C(=O)N1CCN(CCO)CC1. The average Bonchev–Trinajstić information content (AvgIpc) is 3.41. The van der Waals surface area contributed by atoms with Crippen LogP contribution in [0.25, 0.3) is 0 Å². The van der Waals surface area contributed by atoms with Crippen LogP contribution in [-0.2, 0) is 33.3 Å². The fourth-order valence-electron chi connectivity index (χ4n) is 10.0. The second-order valence-corrected chi connectivity index (χ2v) is 21.2. The number of aliphatic hydroxyl groups is 11. The van der Waals surface area contributed by atoms with E-state index in [1.807, 2.05) is 36.1 Å². The van der Waals surface area contributed by atoms with Crippen molar-refractivity contribution in [1.29, 1.82) is 0 Å². The number of amides is 2. The molecule has 2 bridgehead atoms. The zero-order valence-electron chi connectivity index (χ0n) is 45.5. The fourth-order valence-corrected chi connectivity index (χ4v) is 10.0. The number of allylic oxidation sites excluding steroid dienone is 12. The molecule has 0 saturated carbocycles. The number of nitrogens with two attached hydrogens (primary N) is 1. The molecule has 3 fully saturated rings. The van der Waals surface area contributed by atoms with Gasteiger partial charge in [-0.15, -0.1) is 0 Å². The van der Waals surface area contributed by atoms with Gasteiger partial charge in [0.2, 0.25) is 11.8 Å². The van der Waals surface area contributed by atoms with E-state index in [0.29, 0.717) is 19.6 Å². The molecule has 0 aromatic rings. The summed E-state index contributed by atoms with van der Waals surface area (Å²) in [5.41, 5.74) is 5.58. The summed E-state index contributed by atoms with van der Waals surface area (Å²) < 4.78 is 24.2. The Labute approximate surface area is 458 Å². The minimum Gasteiger partial charge on any atom is -0.462 e. The standard InChI is InChI=1S/C56H90N4O18/c1-35-17-15-13-11-9-7-5-6-8-10-12-14-16-18-42(77-55-53(72)50(52(71)38(4)76-55)58-47(68)21-22-57)32-46-49(54(73)60-25-23-59(24-26-60)27-28-61)45(67)34-56(74,78-46)33-41(64)30-44(66)43(65)20-19-39(62)29-40(63)31-48(69)75-37(3)36(2)51(35)70/h5-18,35-46,49-53,55,61-67,70-72,74H,19-34,57H2,1-4H3,(H,58,68)/b6-5-,9-7-,10-8-,13-11-,14-12-,17-15-,18-16+/t35-,36-,37-,38+,39+,40+,41-,42-,43+,44+,45-,46-,49+,50-,51+,52+,53-,55-,56+/m0/s1. The number of carbonyl (C=O) groups is 3. The zero-order chi connectivity index (χ0) is 57.5. The first-order valence-corrected chi connectivity index (χ1v) is 27.4. The minimum absolute atomic E-state index is 0.0127. The molecule has 4 aliphatic heterocycles. The lowest BCUT2D eigenvalue weighted by atomic mass is 9.81. The second kappa shape index (κ2) is 33.6. The highest BCUT2D eigenvalue weighted by molar-refractivity contribution is 5.80. The van der Waals surface area contributed by atoms with Gasteiger partial charge < -0.3 is 91.1 Å². The molecule has 22 heteroatoms. The van der Waals surface area contributed by atoms with Crippen molar-refractivity contribution >= 4 is 17.8 Å². The van der Waals surface area contributed by atoms with Crippen molar-refractivity contribution in [2.45, 2.75) is 183 Å². The summed E-state index contributed by atoms with van der Waals surface area (Å²) in [7, 11) is 0. The number of cyclic esters (lactones) is 1. The van der Waals surface area contributed by atoms with Gasteiger partial charge in [0.25, 0.3) is 0 Å². The summed E-state index contributed by atoms with van der Waals surface area (Å²) >= 11 is 0. The average molecular weight is 1110 g/mol. The van der Waals surface area contributed by atoms with Crippen LogP contribution in [0.1, 0.15) is 85.5 Å². The highest BCUT2D eigenvalue weighted by Gasteiger charge is 2.52. The molecule has 2 amide bonds. The molecule has 4 heterocycles. The van der Waals surface area contributed by atoms with Gasteiger partial charge in [-0.1, -0.05) is 98.9 Å². The molecule has 3 saturated heterocycles. The maximum atomic E-state index is 14.5. The molecule has 0 spiro atoms. The predicted octanol–water partition coefficient (Wildman–Crippen LogP) is -0.730. The van der Waals surface area contributed by atoms with Crippen LogP contribution in [-0.4, -0.2) is 227 Å². The number of rotatable bonds is 8. The van der Waals surface area contributed by atoms with Crippen LogP contribution in [0.15, 0.2) is 85.1 Å². The number of piperazine rings is 1. The Morgan fingerprint density at radius 1 is 0.705 bits per heavy atom. The normalized spacial score (nSPS) is 41.3. The summed E-state index contributed by atoms with van der Waals surface area (Å²) in [5, 5.41) is 124. The van der Waals surface area contributed by atoms with E-state index in [0.717, 1.165) is 0 Å². The molecule has 4 rings (SSSR count). The predicted molar refractivity (Wildman–Crippen MR) is 287 cm³/mol. The van der Waals surface area contributed by atoms with Crippen molar-refractivity contribution in [1.82, 2.24) is 15.1 Å². The van der Waals surface area contributed by atoms with Crippen LogP contribution in [0.2, 0.25) is 0 Å². The molecular weight excluding hydrogens is 1020 g/mol. The van der Waals surface area contributed by atoms with Crippen LogP contribution in [0.4, 0.5) is 0 Å². The molecule has 19 atom stereocenters. The Hall–Kier alpha value is -4.05. The fraction of sp³-hybridized carbons (Fsp3) is 0.696. The van der Waals surface area contributed by atoms with Crippen LogP contribution >= 0.6 is 0 Å². The summed E-state index contributed by atoms with van der Waals surface area (Å²) in [5.74, 6) is -6.15. The van der Waals surface area contributed by atoms with Crippen LogP contribution < -0.4 is 11.1 Å². The van der Waals surface area contributed by atoms with Gasteiger partial charge in [-0.25, -0.2) is 0 Å². The number of nitrogens with one attached hydrogen (secondary N) is 1. The third kappa shape index (κ3) is 21.8. The third-order valence-corrected chi connectivity index (χ3v) is 14.8. The Morgan fingerprint density at radius 2 is 1.31 bits per heavy atom. The maximum absolute atomic E-state index is 14.5. The molecule has 0 aromatic carbocycles. The van der Waals surface area contributed by atoms with Crippen molar-refractivity contribution in [2.75, 3.05) is 45.9 Å². The maximum Gasteiger partial charge on any atom is 0.308 e. The first kappa shape index (κ1) is 66.5. The second-order valence-electron chi connectivity index (χ2n) is 21.2. The Balaban J connectivity index is 1.66. The molecule has 78 heavy (non-hydrogen) atoms. The third-order valence-electron chi connectivity index (χ3n) is 14.8. The van der Waals surface area contributed by atoms with Gasteiger partial charge in [0, 0.05) is 83.2 Å². The number of ether oxygens (including phenoxy) is 4. The number of hydrogen-bond acceptors (Lipinski definition) is 20. The van der Waals surface area contributed by atoms with Crippen molar-refractivity contribution < 1.29 is 89.5 Å². The molecule has 0 unspecified atom stereocenters. The van der Waals surface area contributed by atoms with E-state index in [1.54, 1.807) is 79.5 Å². The number of fused-ring (bicyclic) bond motifs is 2. The van der Waals surface area contributed by atoms with Gasteiger partial charge in [-0.05, 0) is 33.1 Å². The molecule has 4 aliphatic rings. The number of carbonyl (C=O) groups excluding carboxylic acids is 3. The zero-order valence-corrected chi connectivity index (χ0v) is 45.5. The van der Waals surface area contributed by atoms with E-state index in [1.165, 1.54) is 6.92 Å². The number of esters is 1. The molecule has 14 N–H and O–H groups in total. The highest BCUT2D eigenvalue weighted by Crippen LogP contribution is 2.39. The van der Waals surface area contributed by atoms with E-state index in [4.69, 9.17) is 24.7 Å². The van der Waals surface area contributed by atoms with Crippen molar-refractivity contribution in [2.24, 2.45) is 23.5 Å². The lowest BCUT2D eigenvalue weighted by Crippen LogP contribution is -2.64. The first-order chi connectivity index (χ1) is 37.1. The van der Waals surface area contributed by atoms with E-state index in [-0.39, 0.29) is 64.3 Å². The van der Waals surface area contributed by atoms with E-state index < -0.39 is 153 Å². The monoisotopic (exact) mass is 1110 g/mol. The van der Waals surface area contributed by atoms with Gasteiger partial charge in [0.15, 0.2) is 12.1 Å². The first-order valence-electron chi connectivity index (χ1n) is 27.4. The minimum atomic E-state index is -2.32. The Morgan fingerprint density at radius 3 is 1.91 bits per heavy atom. The lowest BCUT2D eigenvalue weighted by Gasteiger charge is -2.47. The number of aliphatic hydroxyl groups excluding tert-OH is 10. The molecular formula is C56H90N4O18. The van der Waals surface area contributed by atoms with Crippen molar-refractivity contribution in [3.8, 4) is 0 Å². The Bertz CT molecular complexity index is 2030. The summed E-state index contributed by atoms with van der Waals surface area (Å²) in [6.07, 6.45) is 3.36. The largest absolute Gasteiger partial charge is 0.462 e. The van der Waals surface area contributed by atoms with Crippen LogP contribution in [0, 0.1) is 17.8 Å². The van der Waals surface area contributed by atoms with E-state index in [2.05, 4.69) is 5.32 Å². The number of hydrogen-bond donors (Lipinski definition) is 13. The molecule has 0 aliphatic carbocycles. The molecule has 0 aromatic heterocycles. The van der Waals surface area contributed by atoms with Crippen molar-refractivity contribution in [3.63, 3.8) is 0 Å². The molecule has 22 nitrogen and oxygen atoms in total. The topological polar surface area (TPSA) is 355 Å². The summed E-state index contributed by atoms with van der Waals surface area (Å²) in [4.78, 5) is 43.4. The van der Waals surface area contributed by atoms with Gasteiger partial charge in [0.05, 0.1) is 86.0 Å². The molecule has 0 radical (unpaired) electrons. The van der Waals surface area contributed by atoms with Gasteiger partial charge in [0.1, 0.15) is 18.3 Å². The molecule has 442 valence electrons. The summed E-state index contributed by atoms with van der Waals surface area (Å²) in [6, 6.07) is -1.24. The quantitative estimate of drug-likeness (QED) is 0.133. The Kier molecular flexibility index (Phi) is 28.7. The van der Waals surface area contributed by atoms with Gasteiger partial charge >= 0.3 is 5.97 Å². The van der Waals surface area contributed by atoms with E-state index >= 15 is 0 Å². The summed E-state index contributed by atoms with van der Waals surface area (Å²) in [6.45, 7) is 8.48. The van der Waals surface area contributed by atoms with E-state index in [9.17, 15) is 70.6 Å². The van der Waals surface area contributed by atoms with Gasteiger partial charge in [-0.3, -0.25) is 19.3 Å². The van der Waals surface area contributed by atoms with Crippen LogP contribution in [0.5, 0.6) is 0 Å². The van der Waals surface area contributed by atoms with Crippen LogP contribution in [0.3, 0.4) is 0 Å². The smallest absolute Gasteiger partial charge is 0.308 e. The van der Waals surface area contributed by atoms with Crippen molar-refractivity contribution in [3.05, 3.63) is 85.1 Å². The highest BCUT2D eigenvalue weighted by atomic mass is 16.7. The number of β-amino-alcohol motifs (C(OH)–C–C–N with tert-alkyl or cyclic N) is 1. The van der Waals surface area contributed by atoms with Gasteiger partial charge in [-0.2, -0.15) is 0 Å².